The fourth-order valence-electron chi connectivity index (χ4n) is 2.93. The van der Waals surface area contributed by atoms with E-state index in [-0.39, 0.29) is 11.7 Å². The Morgan fingerprint density at radius 2 is 1.97 bits per heavy atom. The zero-order valence-electron chi connectivity index (χ0n) is 18.3. The molecule has 0 unspecified atom stereocenters. The average molecular weight is 537 g/mol. The first-order valence-corrected chi connectivity index (χ1v) is 13.0. The molecule has 2 aromatic carbocycles. The summed E-state index contributed by atoms with van der Waals surface area (Å²) in [6, 6.07) is 12.1. The Hall–Kier alpha value is -2.46. The summed E-state index contributed by atoms with van der Waals surface area (Å²) in [6.45, 7) is 4.32. The van der Waals surface area contributed by atoms with Crippen molar-refractivity contribution < 1.29 is 14.3 Å². The number of anilines is 1. The standard InChI is InChI=1S/C23H22Cl2N4O3S2/c1-3-10-29-20(13-33-12-15-8-9-16(24)11-18(15)25)27-28-23(29)34-14-21(30)26-19-7-5-4-6-17(19)22(31)32-2/h3-9,11H,1,10,12-14H2,2H3,(H,26,30). The first-order valence-electron chi connectivity index (χ1n) is 10.1. The summed E-state index contributed by atoms with van der Waals surface area (Å²) in [4.78, 5) is 24.4. The van der Waals surface area contributed by atoms with Crippen molar-refractivity contribution in [1.29, 1.82) is 0 Å². The highest BCUT2D eigenvalue weighted by atomic mass is 35.5. The molecule has 0 aliphatic rings. The summed E-state index contributed by atoms with van der Waals surface area (Å²) in [5, 5.41) is 13.1. The maximum Gasteiger partial charge on any atom is 0.339 e. The number of hydrogen-bond donors (Lipinski definition) is 1. The van der Waals surface area contributed by atoms with Crippen LogP contribution in [0.1, 0.15) is 21.7 Å². The minimum absolute atomic E-state index is 0.0955. The van der Waals surface area contributed by atoms with Gasteiger partial charge in [0.2, 0.25) is 5.91 Å². The number of amides is 1. The van der Waals surface area contributed by atoms with Crippen LogP contribution in [-0.2, 0) is 27.6 Å². The van der Waals surface area contributed by atoms with Crippen molar-refractivity contribution in [2.24, 2.45) is 0 Å². The molecule has 0 aliphatic heterocycles. The number of carbonyl (C=O) groups excluding carboxylic acids is 2. The zero-order valence-corrected chi connectivity index (χ0v) is 21.4. The molecule has 3 rings (SSSR count). The van der Waals surface area contributed by atoms with Gasteiger partial charge in [-0.05, 0) is 29.8 Å². The van der Waals surface area contributed by atoms with Gasteiger partial charge in [-0.1, -0.05) is 59.2 Å². The van der Waals surface area contributed by atoms with Crippen molar-refractivity contribution in [3.8, 4) is 0 Å². The highest BCUT2D eigenvalue weighted by molar-refractivity contribution is 7.99. The van der Waals surface area contributed by atoms with Crippen LogP contribution in [0.5, 0.6) is 0 Å². The molecule has 1 amide bonds. The van der Waals surface area contributed by atoms with E-state index in [4.69, 9.17) is 27.9 Å². The number of esters is 1. The number of nitrogens with one attached hydrogen (secondary N) is 1. The van der Waals surface area contributed by atoms with E-state index in [9.17, 15) is 9.59 Å². The molecule has 0 atom stereocenters. The summed E-state index contributed by atoms with van der Waals surface area (Å²) in [5.74, 6) is 1.38. The monoisotopic (exact) mass is 536 g/mol. The molecule has 1 heterocycles. The van der Waals surface area contributed by atoms with Gasteiger partial charge in [0.25, 0.3) is 0 Å². The fourth-order valence-corrected chi connectivity index (χ4v) is 5.22. The molecule has 0 fully saturated rings. The topological polar surface area (TPSA) is 86.1 Å². The predicted octanol–water partition coefficient (Wildman–Crippen LogP) is 5.72. The number of rotatable bonds is 11. The minimum Gasteiger partial charge on any atom is -0.465 e. The maximum atomic E-state index is 12.5. The van der Waals surface area contributed by atoms with Crippen LogP contribution < -0.4 is 5.32 Å². The van der Waals surface area contributed by atoms with Gasteiger partial charge in [0.15, 0.2) is 5.16 Å². The van der Waals surface area contributed by atoms with Crippen molar-refractivity contribution >= 4 is 64.3 Å². The summed E-state index contributed by atoms with van der Waals surface area (Å²) < 4.78 is 6.68. The van der Waals surface area contributed by atoms with E-state index >= 15 is 0 Å². The lowest BCUT2D eigenvalue weighted by atomic mass is 10.2. The van der Waals surface area contributed by atoms with E-state index in [2.05, 4.69) is 22.1 Å². The largest absolute Gasteiger partial charge is 0.465 e. The van der Waals surface area contributed by atoms with Gasteiger partial charge < -0.3 is 14.6 Å². The average Bonchev–Trinajstić information content (AvgIpc) is 3.20. The van der Waals surface area contributed by atoms with Crippen molar-refractivity contribution in [1.82, 2.24) is 14.8 Å². The molecule has 178 valence electrons. The van der Waals surface area contributed by atoms with Gasteiger partial charge in [-0.2, -0.15) is 0 Å². The van der Waals surface area contributed by atoms with Crippen LogP contribution in [0.2, 0.25) is 10.0 Å². The van der Waals surface area contributed by atoms with Crippen LogP contribution in [0, 0.1) is 0 Å². The summed E-state index contributed by atoms with van der Waals surface area (Å²) in [6.07, 6.45) is 1.75. The Kier molecular flexibility index (Phi) is 9.88. The Labute approximate surface area is 216 Å². The lowest BCUT2D eigenvalue weighted by Crippen LogP contribution is -2.17. The number of carbonyl (C=O) groups is 2. The smallest absolute Gasteiger partial charge is 0.339 e. The van der Waals surface area contributed by atoms with Crippen molar-refractivity contribution in [3.63, 3.8) is 0 Å². The molecule has 0 bridgehead atoms. The maximum absolute atomic E-state index is 12.5. The second-order valence-electron chi connectivity index (χ2n) is 6.90. The number of halogens is 2. The van der Waals surface area contributed by atoms with Gasteiger partial charge in [0, 0.05) is 22.3 Å². The van der Waals surface area contributed by atoms with Crippen molar-refractivity contribution in [2.45, 2.75) is 23.2 Å². The molecule has 34 heavy (non-hydrogen) atoms. The van der Waals surface area contributed by atoms with Crippen LogP contribution in [0.15, 0.2) is 60.3 Å². The van der Waals surface area contributed by atoms with E-state index in [1.54, 1.807) is 48.2 Å². The van der Waals surface area contributed by atoms with Crippen LogP contribution in [-0.4, -0.2) is 39.5 Å². The van der Waals surface area contributed by atoms with Crippen molar-refractivity contribution in [3.05, 3.63) is 82.1 Å². The molecule has 1 aromatic heterocycles. The highest BCUT2D eigenvalue weighted by Crippen LogP contribution is 2.27. The van der Waals surface area contributed by atoms with E-state index in [0.29, 0.717) is 44.5 Å². The second kappa shape index (κ2) is 12.9. The number of ether oxygens (including phenoxy) is 1. The third kappa shape index (κ3) is 7.02. The highest BCUT2D eigenvalue weighted by Gasteiger charge is 2.16. The molecule has 11 heteroatoms. The van der Waals surface area contributed by atoms with Crippen molar-refractivity contribution in [2.75, 3.05) is 18.2 Å². The Balaban J connectivity index is 1.60. The van der Waals surface area contributed by atoms with Crippen LogP contribution >= 0.6 is 46.7 Å². The molecular formula is C23H22Cl2N4O3S2. The summed E-state index contributed by atoms with van der Waals surface area (Å²) in [7, 11) is 1.29. The van der Waals surface area contributed by atoms with Crippen LogP contribution in [0.25, 0.3) is 0 Å². The summed E-state index contributed by atoms with van der Waals surface area (Å²) in [5.41, 5.74) is 1.67. The Bertz CT molecular complexity index is 1190. The van der Waals surface area contributed by atoms with Gasteiger partial charge in [-0.3, -0.25) is 4.79 Å². The number of para-hydroxylation sites is 1. The molecule has 0 aliphatic carbocycles. The van der Waals surface area contributed by atoms with Gasteiger partial charge in [0.1, 0.15) is 5.82 Å². The SMILES string of the molecule is C=CCn1c(CSCc2ccc(Cl)cc2Cl)nnc1SCC(=O)Nc1ccccc1C(=O)OC. The molecule has 0 radical (unpaired) electrons. The number of hydrogen-bond acceptors (Lipinski definition) is 7. The second-order valence-corrected chi connectivity index (χ2v) is 9.67. The number of allylic oxidation sites excluding steroid dienone is 1. The minimum atomic E-state index is -0.517. The first kappa shape index (κ1) is 26.2. The number of methoxy groups -OCH3 is 1. The van der Waals surface area contributed by atoms with Gasteiger partial charge in [0.05, 0.1) is 29.9 Å². The van der Waals surface area contributed by atoms with Gasteiger partial charge in [-0.25, -0.2) is 4.79 Å². The number of nitrogens with zero attached hydrogens (tertiary/aromatic N) is 3. The number of benzene rings is 2. The normalized spacial score (nSPS) is 10.7. The van der Waals surface area contributed by atoms with E-state index < -0.39 is 5.97 Å². The molecule has 0 saturated carbocycles. The molecule has 3 aromatic rings. The van der Waals surface area contributed by atoms with Crippen LogP contribution in [0.3, 0.4) is 0 Å². The molecule has 7 nitrogen and oxygen atoms in total. The molecule has 0 saturated heterocycles. The summed E-state index contributed by atoms with van der Waals surface area (Å²) >= 11 is 15.1. The fraction of sp³-hybridized carbons (Fsp3) is 0.217. The molecule has 0 spiro atoms. The van der Waals surface area contributed by atoms with E-state index in [0.717, 1.165) is 11.4 Å². The van der Waals surface area contributed by atoms with Crippen LogP contribution in [0.4, 0.5) is 5.69 Å². The van der Waals surface area contributed by atoms with Gasteiger partial charge >= 0.3 is 5.97 Å². The van der Waals surface area contributed by atoms with E-state index in [1.807, 2.05) is 16.7 Å². The Morgan fingerprint density at radius 1 is 1.18 bits per heavy atom. The van der Waals surface area contributed by atoms with E-state index in [1.165, 1.54) is 18.9 Å². The zero-order chi connectivity index (χ0) is 24.5. The molecular weight excluding hydrogens is 515 g/mol. The first-order chi connectivity index (χ1) is 16.4. The number of thioether (sulfide) groups is 2. The predicted molar refractivity (Wildman–Crippen MR) is 139 cm³/mol. The lowest BCUT2D eigenvalue weighted by molar-refractivity contribution is -0.113. The lowest BCUT2D eigenvalue weighted by Gasteiger charge is -2.10. The number of aromatic nitrogens is 3. The Morgan fingerprint density at radius 3 is 2.71 bits per heavy atom. The molecule has 1 N–H and O–H groups in total. The third-order valence-corrected chi connectivity index (χ3v) is 7.08. The third-order valence-electron chi connectivity index (χ3n) is 4.55. The van der Waals surface area contributed by atoms with Gasteiger partial charge in [-0.15, -0.1) is 28.5 Å². The quantitative estimate of drug-likeness (QED) is 0.190.